The number of amides is 2. The van der Waals surface area contributed by atoms with Gasteiger partial charge in [-0.15, -0.1) is 0 Å². The maximum Gasteiger partial charge on any atom is 0.291 e. The molecule has 30 heavy (non-hydrogen) atoms. The van der Waals surface area contributed by atoms with Crippen LogP contribution in [0.3, 0.4) is 0 Å². The van der Waals surface area contributed by atoms with Gasteiger partial charge in [0.25, 0.3) is 5.91 Å². The van der Waals surface area contributed by atoms with Crippen LogP contribution in [0.4, 0.5) is 11.4 Å². The molecule has 1 aromatic carbocycles. The van der Waals surface area contributed by atoms with Gasteiger partial charge in [-0.25, -0.2) is 0 Å². The van der Waals surface area contributed by atoms with Crippen molar-refractivity contribution in [3.8, 4) is 0 Å². The third-order valence-corrected chi connectivity index (χ3v) is 5.14. The predicted octanol–water partition coefficient (Wildman–Crippen LogP) is 4.77. The van der Waals surface area contributed by atoms with Gasteiger partial charge in [0.2, 0.25) is 5.91 Å². The number of nitrogens with zero attached hydrogens (tertiary/aromatic N) is 2. The number of hydrogen-bond donors (Lipinski definition) is 1. The van der Waals surface area contributed by atoms with Crippen LogP contribution in [0.1, 0.15) is 56.2 Å². The van der Waals surface area contributed by atoms with E-state index in [0.717, 1.165) is 17.8 Å². The summed E-state index contributed by atoms with van der Waals surface area (Å²) in [6.45, 7) is 7.61. The Balaban J connectivity index is 1.82. The minimum absolute atomic E-state index is 0.0534. The lowest BCUT2D eigenvalue weighted by Crippen LogP contribution is -2.35. The normalized spacial score (nSPS) is 13.8. The lowest BCUT2D eigenvalue weighted by atomic mass is 9.91. The van der Waals surface area contributed by atoms with Crippen molar-refractivity contribution >= 4 is 23.2 Å². The summed E-state index contributed by atoms with van der Waals surface area (Å²) in [5, 5.41) is 2.89. The molecule has 2 aromatic rings. The van der Waals surface area contributed by atoms with E-state index in [1.54, 1.807) is 12.1 Å². The SMILES string of the molecule is CN(C)c1ccc(NC(=O)c2ccco2)cc1CN(CC1CC1)C(=O)CC(C)(C)C. The molecule has 6 nitrogen and oxygen atoms in total. The molecule has 6 heteroatoms. The van der Waals surface area contributed by atoms with Gasteiger partial charge >= 0.3 is 0 Å². The van der Waals surface area contributed by atoms with Crippen molar-refractivity contribution < 1.29 is 14.0 Å². The number of anilines is 2. The minimum atomic E-state index is -0.290. The monoisotopic (exact) mass is 411 g/mol. The Hall–Kier alpha value is -2.76. The molecule has 0 radical (unpaired) electrons. The first-order valence-corrected chi connectivity index (χ1v) is 10.6. The van der Waals surface area contributed by atoms with E-state index in [9.17, 15) is 9.59 Å². The van der Waals surface area contributed by atoms with Crippen molar-refractivity contribution in [1.82, 2.24) is 4.90 Å². The fourth-order valence-corrected chi connectivity index (χ4v) is 3.46. The quantitative estimate of drug-likeness (QED) is 0.679. The number of carbonyl (C=O) groups excluding carboxylic acids is 2. The Labute approximate surface area is 179 Å². The fraction of sp³-hybridized carbons (Fsp3) is 0.500. The van der Waals surface area contributed by atoms with Crippen molar-refractivity contribution in [2.24, 2.45) is 11.3 Å². The summed E-state index contributed by atoms with van der Waals surface area (Å²) in [6, 6.07) is 9.14. The van der Waals surface area contributed by atoms with E-state index in [1.165, 1.54) is 19.1 Å². The number of nitrogens with one attached hydrogen (secondary N) is 1. The molecule has 1 N–H and O–H groups in total. The average molecular weight is 412 g/mol. The first kappa shape index (κ1) is 21.9. The molecule has 1 fully saturated rings. The van der Waals surface area contributed by atoms with Crippen molar-refractivity contribution in [3.63, 3.8) is 0 Å². The third kappa shape index (κ3) is 6.12. The first-order chi connectivity index (χ1) is 14.1. The predicted molar refractivity (Wildman–Crippen MR) is 120 cm³/mol. The van der Waals surface area contributed by atoms with Crippen molar-refractivity contribution in [3.05, 3.63) is 47.9 Å². The van der Waals surface area contributed by atoms with E-state index in [2.05, 4.69) is 26.1 Å². The topological polar surface area (TPSA) is 65.8 Å². The lowest BCUT2D eigenvalue weighted by molar-refractivity contribution is -0.134. The number of carbonyl (C=O) groups is 2. The average Bonchev–Trinajstić information content (AvgIpc) is 3.28. The Kier molecular flexibility index (Phi) is 6.54. The Morgan fingerprint density at radius 2 is 1.90 bits per heavy atom. The summed E-state index contributed by atoms with van der Waals surface area (Å²) < 4.78 is 5.18. The lowest BCUT2D eigenvalue weighted by Gasteiger charge is -2.29. The van der Waals surface area contributed by atoms with E-state index in [0.29, 0.717) is 24.6 Å². The minimum Gasteiger partial charge on any atom is -0.459 e. The van der Waals surface area contributed by atoms with E-state index in [4.69, 9.17) is 4.42 Å². The van der Waals surface area contributed by atoms with Crippen LogP contribution < -0.4 is 10.2 Å². The van der Waals surface area contributed by atoms with Gasteiger partial charge in [-0.1, -0.05) is 20.8 Å². The van der Waals surface area contributed by atoms with Crippen LogP contribution in [-0.4, -0.2) is 37.4 Å². The summed E-state index contributed by atoms with van der Waals surface area (Å²) in [5.41, 5.74) is 2.68. The number of hydrogen-bond acceptors (Lipinski definition) is 4. The maximum absolute atomic E-state index is 13.1. The Morgan fingerprint density at radius 3 is 2.47 bits per heavy atom. The van der Waals surface area contributed by atoms with Crippen molar-refractivity contribution in [1.29, 1.82) is 0 Å². The molecule has 0 bridgehead atoms. The first-order valence-electron chi connectivity index (χ1n) is 10.6. The molecule has 1 aromatic heterocycles. The van der Waals surface area contributed by atoms with Crippen LogP contribution in [0.5, 0.6) is 0 Å². The molecule has 1 heterocycles. The highest BCUT2D eigenvalue weighted by Crippen LogP contribution is 2.33. The zero-order valence-electron chi connectivity index (χ0n) is 18.7. The van der Waals surface area contributed by atoms with Crippen LogP contribution in [-0.2, 0) is 11.3 Å². The third-order valence-electron chi connectivity index (χ3n) is 5.14. The van der Waals surface area contributed by atoms with Crippen LogP contribution in [0.15, 0.2) is 41.0 Å². The zero-order chi connectivity index (χ0) is 21.9. The van der Waals surface area contributed by atoms with Crippen molar-refractivity contribution in [2.45, 2.75) is 46.6 Å². The van der Waals surface area contributed by atoms with Gasteiger partial charge in [0, 0.05) is 45.0 Å². The smallest absolute Gasteiger partial charge is 0.291 e. The van der Waals surface area contributed by atoms with Crippen LogP contribution >= 0.6 is 0 Å². The molecule has 2 amide bonds. The number of rotatable bonds is 8. The van der Waals surface area contributed by atoms with Gasteiger partial charge in [0.15, 0.2) is 5.76 Å². The summed E-state index contributed by atoms with van der Waals surface area (Å²) in [4.78, 5) is 29.5. The van der Waals surface area contributed by atoms with Gasteiger partial charge in [0.1, 0.15) is 0 Å². The summed E-state index contributed by atoms with van der Waals surface area (Å²) in [5.74, 6) is 0.772. The molecule has 162 valence electrons. The van der Waals surface area contributed by atoms with Crippen LogP contribution in [0.2, 0.25) is 0 Å². The van der Waals surface area contributed by atoms with E-state index >= 15 is 0 Å². The standard InChI is InChI=1S/C24H33N3O3/c1-24(2,3)14-22(28)27(15-17-8-9-17)16-18-13-19(10-11-20(18)26(4)5)25-23(29)21-7-6-12-30-21/h6-7,10-13,17H,8-9,14-16H2,1-5H3,(H,25,29). The largest absolute Gasteiger partial charge is 0.459 e. The molecular weight excluding hydrogens is 378 g/mol. The number of furan rings is 1. The molecule has 0 unspecified atom stereocenters. The molecular formula is C24H33N3O3. The van der Waals surface area contributed by atoms with E-state index < -0.39 is 0 Å². The molecule has 0 atom stereocenters. The molecule has 1 aliphatic rings. The molecule has 0 aliphatic heterocycles. The highest BCUT2D eigenvalue weighted by atomic mass is 16.3. The van der Waals surface area contributed by atoms with Gasteiger partial charge in [0.05, 0.1) is 6.26 Å². The zero-order valence-corrected chi connectivity index (χ0v) is 18.7. The molecule has 0 spiro atoms. The molecule has 1 saturated carbocycles. The Morgan fingerprint density at radius 1 is 1.17 bits per heavy atom. The highest BCUT2D eigenvalue weighted by molar-refractivity contribution is 6.02. The second-order valence-electron chi connectivity index (χ2n) is 9.62. The second kappa shape index (κ2) is 8.94. The van der Waals surface area contributed by atoms with E-state index in [1.807, 2.05) is 42.1 Å². The van der Waals surface area contributed by atoms with Gasteiger partial charge in [-0.05, 0) is 60.1 Å². The summed E-state index contributed by atoms with van der Waals surface area (Å²) in [7, 11) is 3.98. The van der Waals surface area contributed by atoms with Gasteiger partial charge in [-0.3, -0.25) is 9.59 Å². The van der Waals surface area contributed by atoms with E-state index in [-0.39, 0.29) is 23.0 Å². The highest BCUT2D eigenvalue weighted by Gasteiger charge is 2.29. The molecule has 0 saturated heterocycles. The Bertz CT molecular complexity index is 878. The maximum atomic E-state index is 13.1. The second-order valence-corrected chi connectivity index (χ2v) is 9.62. The van der Waals surface area contributed by atoms with Gasteiger partial charge in [-0.2, -0.15) is 0 Å². The van der Waals surface area contributed by atoms with Crippen LogP contribution in [0.25, 0.3) is 0 Å². The van der Waals surface area contributed by atoms with Crippen molar-refractivity contribution in [2.75, 3.05) is 30.9 Å². The van der Waals surface area contributed by atoms with Crippen LogP contribution in [0, 0.1) is 11.3 Å². The molecule has 1 aliphatic carbocycles. The number of benzene rings is 1. The fourth-order valence-electron chi connectivity index (χ4n) is 3.46. The summed E-state index contributed by atoms with van der Waals surface area (Å²) in [6.07, 6.45) is 4.39. The molecule has 3 rings (SSSR count). The van der Waals surface area contributed by atoms with Gasteiger partial charge < -0.3 is 19.5 Å². The summed E-state index contributed by atoms with van der Waals surface area (Å²) >= 11 is 0.